The average molecular weight is 287 g/mol. The van der Waals surface area contributed by atoms with E-state index in [-0.39, 0.29) is 17.8 Å². The number of benzene rings is 1. The van der Waals surface area contributed by atoms with Crippen LogP contribution in [0.25, 0.3) is 11.3 Å². The van der Waals surface area contributed by atoms with Crippen LogP contribution in [-0.4, -0.2) is 16.9 Å². The van der Waals surface area contributed by atoms with Gasteiger partial charge in [0.1, 0.15) is 0 Å². The molecule has 2 heterocycles. The fourth-order valence-corrected chi connectivity index (χ4v) is 2.85. The standard InChI is InChI=1S/C13H13N5OS/c1-6-8-4-7(2-3-9(8)16-11(6)19)10-5-20-13(17-10)18-12(14)15/h2-6H,1H3,(H,16,19)(H4,14,15,17,18)/t6-/m0/s1. The zero-order valence-electron chi connectivity index (χ0n) is 10.8. The van der Waals surface area contributed by atoms with E-state index in [0.29, 0.717) is 5.13 Å². The third kappa shape index (κ3) is 2.12. The molecular formula is C13H13N5OS. The van der Waals surface area contributed by atoms with E-state index in [1.807, 2.05) is 30.5 Å². The number of carbonyl (C=O) groups excluding carboxylic acids is 1. The van der Waals surface area contributed by atoms with E-state index in [2.05, 4.69) is 15.3 Å². The van der Waals surface area contributed by atoms with E-state index < -0.39 is 0 Å². The molecule has 0 aliphatic carbocycles. The van der Waals surface area contributed by atoms with Gasteiger partial charge in [-0.25, -0.2) is 4.98 Å². The summed E-state index contributed by atoms with van der Waals surface area (Å²) in [4.78, 5) is 19.9. The van der Waals surface area contributed by atoms with E-state index in [0.717, 1.165) is 22.5 Å². The first-order valence-corrected chi connectivity index (χ1v) is 6.93. The number of aliphatic imine (C=N–C) groups is 1. The number of aromatic nitrogens is 1. The number of thiazole rings is 1. The highest BCUT2D eigenvalue weighted by atomic mass is 32.1. The van der Waals surface area contributed by atoms with Crippen molar-refractivity contribution in [2.75, 3.05) is 5.32 Å². The second kappa shape index (κ2) is 4.61. The van der Waals surface area contributed by atoms with Crippen LogP contribution in [0.15, 0.2) is 28.6 Å². The minimum absolute atomic E-state index is 0.0109. The molecule has 0 saturated heterocycles. The SMILES string of the molecule is C[C@@H]1C(=O)Nc2ccc(-c3csc(N=C(N)N)n3)cc21. The zero-order valence-corrected chi connectivity index (χ0v) is 11.6. The molecule has 3 rings (SSSR count). The lowest BCUT2D eigenvalue weighted by molar-refractivity contribution is -0.116. The summed E-state index contributed by atoms with van der Waals surface area (Å²) in [6.07, 6.45) is 0. The molecule has 0 spiro atoms. The summed E-state index contributed by atoms with van der Waals surface area (Å²) in [5.74, 6) is -0.124. The van der Waals surface area contributed by atoms with Gasteiger partial charge in [-0.05, 0) is 24.6 Å². The highest BCUT2D eigenvalue weighted by molar-refractivity contribution is 7.13. The maximum atomic E-state index is 11.6. The van der Waals surface area contributed by atoms with Crippen molar-refractivity contribution >= 4 is 34.0 Å². The summed E-state index contributed by atoms with van der Waals surface area (Å²) in [6.45, 7) is 1.89. The van der Waals surface area contributed by atoms with Crippen LogP contribution in [0.4, 0.5) is 10.8 Å². The third-order valence-electron chi connectivity index (χ3n) is 3.18. The van der Waals surface area contributed by atoms with Crippen LogP contribution in [-0.2, 0) is 4.79 Å². The summed E-state index contributed by atoms with van der Waals surface area (Å²) in [5, 5.41) is 5.25. The molecule has 1 amide bonds. The minimum Gasteiger partial charge on any atom is -0.370 e. The maximum Gasteiger partial charge on any atom is 0.231 e. The molecule has 2 aromatic rings. The minimum atomic E-state index is -0.138. The number of rotatable bonds is 2. The van der Waals surface area contributed by atoms with Gasteiger partial charge in [0.15, 0.2) is 5.96 Å². The van der Waals surface area contributed by atoms with Crippen LogP contribution >= 0.6 is 11.3 Å². The van der Waals surface area contributed by atoms with Crippen LogP contribution in [0.2, 0.25) is 0 Å². The molecular weight excluding hydrogens is 274 g/mol. The Bertz CT molecular complexity index is 717. The van der Waals surface area contributed by atoms with E-state index in [4.69, 9.17) is 11.5 Å². The number of anilines is 1. The first-order valence-electron chi connectivity index (χ1n) is 6.05. The second-order valence-electron chi connectivity index (χ2n) is 4.56. The van der Waals surface area contributed by atoms with Crippen LogP contribution in [0.3, 0.4) is 0 Å². The van der Waals surface area contributed by atoms with E-state index in [1.165, 1.54) is 11.3 Å². The highest BCUT2D eigenvalue weighted by Gasteiger charge is 2.26. The van der Waals surface area contributed by atoms with Gasteiger partial charge in [0, 0.05) is 16.6 Å². The first-order chi connectivity index (χ1) is 9.54. The van der Waals surface area contributed by atoms with Crippen molar-refractivity contribution in [2.24, 2.45) is 16.5 Å². The lowest BCUT2D eigenvalue weighted by Gasteiger charge is -2.03. The molecule has 1 aromatic carbocycles. The van der Waals surface area contributed by atoms with E-state index in [1.54, 1.807) is 0 Å². The number of hydrogen-bond donors (Lipinski definition) is 3. The van der Waals surface area contributed by atoms with Crippen molar-refractivity contribution in [3.05, 3.63) is 29.1 Å². The Morgan fingerprint density at radius 1 is 1.45 bits per heavy atom. The average Bonchev–Trinajstić information content (AvgIpc) is 2.95. The normalized spacial score (nSPS) is 16.6. The molecule has 102 valence electrons. The zero-order chi connectivity index (χ0) is 14.3. The van der Waals surface area contributed by atoms with Gasteiger partial charge in [-0.1, -0.05) is 6.07 Å². The summed E-state index contributed by atoms with van der Waals surface area (Å²) < 4.78 is 0. The number of nitrogens with two attached hydrogens (primary N) is 2. The van der Waals surface area contributed by atoms with Crippen molar-refractivity contribution in [3.63, 3.8) is 0 Å². The van der Waals surface area contributed by atoms with Gasteiger partial charge < -0.3 is 16.8 Å². The molecule has 5 N–H and O–H groups in total. The van der Waals surface area contributed by atoms with Crippen molar-refractivity contribution in [1.29, 1.82) is 0 Å². The summed E-state index contributed by atoms with van der Waals surface area (Å²) in [6, 6.07) is 5.80. The highest BCUT2D eigenvalue weighted by Crippen LogP contribution is 2.36. The van der Waals surface area contributed by atoms with Crippen molar-refractivity contribution in [3.8, 4) is 11.3 Å². The number of fused-ring (bicyclic) bond motifs is 1. The van der Waals surface area contributed by atoms with Gasteiger partial charge in [0.05, 0.1) is 11.6 Å². The van der Waals surface area contributed by atoms with Crippen LogP contribution < -0.4 is 16.8 Å². The Kier molecular flexibility index (Phi) is 2.90. The number of nitrogens with one attached hydrogen (secondary N) is 1. The summed E-state index contributed by atoms with van der Waals surface area (Å²) in [5.41, 5.74) is 14.3. The lowest BCUT2D eigenvalue weighted by Crippen LogP contribution is -2.21. The molecule has 0 saturated carbocycles. The smallest absolute Gasteiger partial charge is 0.231 e. The molecule has 0 fully saturated rings. The number of carbonyl (C=O) groups is 1. The lowest BCUT2D eigenvalue weighted by atomic mass is 10.00. The molecule has 1 aromatic heterocycles. The van der Waals surface area contributed by atoms with Gasteiger partial charge in [-0.15, -0.1) is 11.3 Å². The fourth-order valence-electron chi connectivity index (χ4n) is 2.14. The molecule has 0 unspecified atom stereocenters. The second-order valence-corrected chi connectivity index (χ2v) is 5.40. The Balaban J connectivity index is 1.98. The predicted molar refractivity (Wildman–Crippen MR) is 80.1 cm³/mol. The third-order valence-corrected chi connectivity index (χ3v) is 3.92. The van der Waals surface area contributed by atoms with Crippen LogP contribution in [0, 0.1) is 0 Å². The van der Waals surface area contributed by atoms with Crippen molar-refractivity contribution in [1.82, 2.24) is 4.98 Å². The first kappa shape index (κ1) is 12.6. The van der Waals surface area contributed by atoms with E-state index >= 15 is 0 Å². The van der Waals surface area contributed by atoms with Gasteiger partial charge >= 0.3 is 0 Å². The largest absolute Gasteiger partial charge is 0.370 e. The molecule has 1 aliphatic heterocycles. The Morgan fingerprint density at radius 3 is 3.00 bits per heavy atom. The molecule has 0 radical (unpaired) electrons. The molecule has 0 bridgehead atoms. The monoisotopic (exact) mass is 287 g/mol. The van der Waals surface area contributed by atoms with Gasteiger partial charge in [0.25, 0.3) is 0 Å². The molecule has 6 nitrogen and oxygen atoms in total. The molecule has 20 heavy (non-hydrogen) atoms. The summed E-state index contributed by atoms with van der Waals surface area (Å²) in [7, 11) is 0. The number of nitrogens with zero attached hydrogens (tertiary/aromatic N) is 2. The Morgan fingerprint density at radius 2 is 2.25 bits per heavy atom. The van der Waals surface area contributed by atoms with Gasteiger partial charge in [0.2, 0.25) is 11.0 Å². The van der Waals surface area contributed by atoms with Gasteiger partial charge in [-0.3, -0.25) is 4.79 Å². The van der Waals surface area contributed by atoms with Gasteiger partial charge in [-0.2, -0.15) is 4.99 Å². The predicted octanol–water partition coefficient (Wildman–Crippen LogP) is 1.77. The van der Waals surface area contributed by atoms with Crippen LogP contribution in [0.5, 0.6) is 0 Å². The fraction of sp³-hybridized carbons (Fsp3) is 0.154. The maximum absolute atomic E-state index is 11.6. The molecule has 1 atom stereocenters. The van der Waals surface area contributed by atoms with Crippen LogP contribution in [0.1, 0.15) is 18.4 Å². The van der Waals surface area contributed by atoms with E-state index in [9.17, 15) is 4.79 Å². The number of hydrogen-bond acceptors (Lipinski definition) is 4. The summed E-state index contributed by atoms with van der Waals surface area (Å²) >= 11 is 1.37. The Labute approximate surface area is 119 Å². The quantitative estimate of drug-likeness (QED) is 0.578. The Hall–Kier alpha value is -2.41. The molecule has 7 heteroatoms. The number of amides is 1. The molecule has 1 aliphatic rings. The number of guanidine groups is 1. The van der Waals surface area contributed by atoms with Crippen molar-refractivity contribution < 1.29 is 4.79 Å². The topological polar surface area (TPSA) is 106 Å². The van der Waals surface area contributed by atoms with Crippen molar-refractivity contribution in [2.45, 2.75) is 12.8 Å².